The second kappa shape index (κ2) is 4.47. The minimum absolute atomic E-state index is 0.0257. The number of aromatic carboxylic acids is 1. The van der Waals surface area contributed by atoms with Crippen LogP contribution in [0.1, 0.15) is 10.5 Å². The number of aromatic nitrogens is 2. The topological polar surface area (TPSA) is 75.1 Å². The van der Waals surface area contributed by atoms with Crippen molar-refractivity contribution in [3.05, 3.63) is 10.7 Å². The minimum Gasteiger partial charge on any atom is -0.476 e. The van der Waals surface area contributed by atoms with Gasteiger partial charge in [-0.1, -0.05) is 23.4 Å². The number of hydrogen-bond acceptors (Lipinski definition) is 5. The van der Waals surface area contributed by atoms with E-state index in [0.29, 0.717) is 11.0 Å². The maximum absolute atomic E-state index is 10.7. The summed E-state index contributed by atoms with van der Waals surface area (Å²) in [4.78, 5) is 18.5. The molecule has 0 atom stereocenters. The summed E-state index contributed by atoms with van der Waals surface area (Å²) in [6, 6.07) is 0. The second-order valence-electron chi connectivity index (χ2n) is 2.28. The Bertz CT molecular complexity index is 372. The van der Waals surface area contributed by atoms with Gasteiger partial charge in [0.25, 0.3) is 0 Å². The van der Waals surface area contributed by atoms with Gasteiger partial charge in [-0.2, -0.15) is 0 Å². The number of nitrogens with one attached hydrogen (secondary N) is 1. The summed E-state index contributed by atoms with van der Waals surface area (Å²) in [5.41, 5.74) is -0.185. The summed E-state index contributed by atoms with van der Waals surface area (Å²) in [5.74, 6) is -0.840. The highest BCUT2D eigenvalue weighted by Crippen LogP contribution is 2.24. The first-order valence-electron chi connectivity index (χ1n) is 3.62. The van der Waals surface area contributed by atoms with E-state index in [4.69, 9.17) is 16.7 Å². The van der Waals surface area contributed by atoms with Gasteiger partial charge < -0.3 is 10.4 Å². The van der Waals surface area contributed by atoms with E-state index in [1.165, 1.54) is 11.8 Å². The summed E-state index contributed by atoms with van der Waals surface area (Å²) < 4.78 is 0. The molecular formula is C7H8ClN3O2S. The first kappa shape index (κ1) is 11.1. The Balaban J connectivity index is 3.34. The van der Waals surface area contributed by atoms with Crippen LogP contribution in [0.25, 0.3) is 0 Å². The lowest BCUT2D eigenvalue weighted by atomic mass is 10.4. The van der Waals surface area contributed by atoms with Gasteiger partial charge in [0.15, 0.2) is 10.9 Å². The number of hydrogen-bond donors (Lipinski definition) is 2. The first-order chi connectivity index (χ1) is 6.60. The predicted molar refractivity (Wildman–Crippen MR) is 55.3 cm³/mol. The molecule has 2 N–H and O–H groups in total. The molecule has 0 radical (unpaired) electrons. The molecule has 1 rings (SSSR count). The molecule has 0 unspecified atom stereocenters. The van der Waals surface area contributed by atoms with Gasteiger partial charge in [0.2, 0.25) is 0 Å². The van der Waals surface area contributed by atoms with Crippen LogP contribution in [0.2, 0.25) is 5.02 Å². The lowest BCUT2D eigenvalue weighted by molar-refractivity contribution is 0.0689. The third kappa shape index (κ3) is 2.08. The number of anilines is 1. The third-order valence-electron chi connectivity index (χ3n) is 1.45. The molecule has 0 fully saturated rings. The average molecular weight is 234 g/mol. The van der Waals surface area contributed by atoms with Gasteiger partial charge in [-0.3, -0.25) is 0 Å². The van der Waals surface area contributed by atoms with E-state index in [1.807, 2.05) is 0 Å². The van der Waals surface area contributed by atoms with Gasteiger partial charge in [-0.05, 0) is 6.26 Å². The predicted octanol–water partition coefficient (Wildman–Crippen LogP) is 1.59. The van der Waals surface area contributed by atoms with Crippen molar-refractivity contribution in [2.24, 2.45) is 0 Å². The van der Waals surface area contributed by atoms with Crippen molar-refractivity contribution >= 4 is 35.1 Å². The standard InChI is InChI=1S/C7H8ClN3O2S/c1-9-5-3(8)4(6(12)13)10-7(11-5)14-2/h1-2H3,(H,12,13)(H,9,10,11). The summed E-state index contributed by atoms with van der Waals surface area (Å²) in [6.07, 6.45) is 1.76. The summed E-state index contributed by atoms with van der Waals surface area (Å²) in [7, 11) is 1.62. The Hall–Kier alpha value is -1.01. The van der Waals surface area contributed by atoms with Crippen LogP contribution in [0.15, 0.2) is 5.16 Å². The van der Waals surface area contributed by atoms with Gasteiger partial charge in [0, 0.05) is 7.05 Å². The van der Waals surface area contributed by atoms with Gasteiger partial charge >= 0.3 is 5.97 Å². The number of thioether (sulfide) groups is 1. The molecule has 1 aromatic rings. The van der Waals surface area contributed by atoms with Gasteiger partial charge in [0.05, 0.1) is 0 Å². The third-order valence-corrected chi connectivity index (χ3v) is 2.36. The molecular weight excluding hydrogens is 226 g/mol. The molecule has 5 nitrogen and oxygen atoms in total. The molecule has 1 aromatic heterocycles. The Morgan fingerprint density at radius 3 is 2.64 bits per heavy atom. The van der Waals surface area contributed by atoms with Crippen molar-refractivity contribution < 1.29 is 9.90 Å². The Kier molecular flexibility index (Phi) is 3.54. The lowest BCUT2D eigenvalue weighted by Gasteiger charge is -2.06. The largest absolute Gasteiger partial charge is 0.476 e. The summed E-state index contributed by atoms with van der Waals surface area (Å²) in [6.45, 7) is 0. The lowest BCUT2D eigenvalue weighted by Crippen LogP contribution is -2.07. The number of halogens is 1. The number of carbonyl (C=O) groups is 1. The fourth-order valence-corrected chi connectivity index (χ4v) is 1.45. The van der Waals surface area contributed by atoms with Gasteiger partial charge in [-0.25, -0.2) is 14.8 Å². The molecule has 0 amide bonds. The smallest absolute Gasteiger partial charge is 0.356 e. The molecule has 0 aromatic carbocycles. The van der Waals surface area contributed by atoms with E-state index < -0.39 is 5.97 Å². The molecule has 0 bridgehead atoms. The van der Waals surface area contributed by atoms with Crippen molar-refractivity contribution in [3.8, 4) is 0 Å². The molecule has 76 valence electrons. The van der Waals surface area contributed by atoms with Crippen molar-refractivity contribution in [1.82, 2.24) is 9.97 Å². The second-order valence-corrected chi connectivity index (χ2v) is 3.43. The zero-order valence-electron chi connectivity index (χ0n) is 7.54. The van der Waals surface area contributed by atoms with E-state index in [2.05, 4.69) is 15.3 Å². The number of rotatable bonds is 3. The Morgan fingerprint density at radius 1 is 1.57 bits per heavy atom. The summed E-state index contributed by atoms with van der Waals surface area (Å²) in [5, 5.41) is 11.9. The number of carboxylic acids is 1. The van der Waals surface area contributed by atoms with Crippen LogP contribution in [-0.2, 0) is 0 Å². The number of nitrogens with zero attached hydrogens (tertiary/aromatic N) is 2. The molecule has 0 aliphatic carbocycles. The highest BCUT2D eigenvalue weighted by Gasteiger charge is 2.16. The first-order valence-corrected chi connectivity index (χ1v) is 5.23. The van der Waals surface area contributed by atoms with E-state index in [-0.39, 0.29) is 10.7 Å². The average Bonchev–Trinajstić information content (AvgIpc) is 2.17. The minimum atomic E-state index is -1.16. The van der Waals surface area contributed by atoms with E-state index in [0.717, 1.165) is 0 Å². The zero-order valence-corrected chi connectivity index (χ0v) is 9.11. The van der Waals surface area contributed by atoms with Crippen LogP contribution >= 0.6 is 23.4 Å². The van der Waals surface area contributed by atoms with Crippen molar-refractivity contribution in [2.45, 2.75) is 5.16 Å². The molecule has 14 heavy (non-hydrogen) atoms. The zero-order chi connectivity index (χ0) is 10.7. The Labute approximate surface area is 89.9 Å². The maximum Gasteiger partial charge on any atom is 0.356 e. The van der Waals surface area contributed by atoms with E-state index >= 15 is 0 Å². The maximum atomic E-state index is 10.7. The monoisotopic (exact) mass is 233 g/mol. The van der Waals surface area contributed by atoms with Crippen LogP contribution in [-0.4, -0.2) is 34.3 Å². The normalized spacial score (nSPS) is 9.93. The highest BCUT2D eigenvalue weighted by molar-refractivity contribution is 7.98. The van der Waals surface area contributed by atoms with Crippen molar-refractivity contribution in [2.75, 3.05) is 18.6 Å². The van der Waals surface area contributed by atoms with Crippen molar-refractivity contribution in [3.63, 3.8) is 0 Å². The molecule has 0 saturated carbocycles. The fourth-order valence-electron chi connectivity index (χ4n) is 0.825. The molecule has 0 aliphatic heterocycles. The molecule has 0 spiro atoms. The van der Waals surface area contributed by atoms with E-state index in [9.17, 15) is 4.79 Å². The van der Waals surface area contributed by atoms with Crippen molar-refractivity contribution in [1.29, 1.82) is 0 Å². The highest BCUT2D eigenvalue weighted by atomic mass is 35.5. The molecule has 7 heteroatoms. The molecule has 0 saturated heterocycles. The van der Waals surface area contributed by atoms with Crippen LogP contribution in [0, 0.1) is 0 Å². The quantitative estimate of drug-likeness (QED) is 0.610. The van der Waals surface area contributed by atoms with Crippen LogP contribution in [0.5, 0.6) is 0 Å². The Morgan fingerprint density at radius 2 is 2.21 bits per heavy atom. The molecule has 1 heterocycles. The number of carboxylic acid groups (broad SMARTS) is 1. The van der Waals surface area contributed by atoms with Gasteiger partial charge in [0.1, 0.15) is 10.8 Å². The van der Waals surface area contributed by atoms with Crippen LogP contribution < -0.4 is 5.32 Å². The van der Waals surface area contributed by atoms with E-state index in [1.54, 1.807) is 13.3 Å². The van der Waals surface area contributed by atoms with Gasteiger partial charge in [-0.15, -0.1) is 0 Å². The fraction of sp³-hybridized carbons (Fsp3) is 0.286. The van der Waals surface area contributed by atoms with Crippen LogP contribution in [0.3, 0.4) is 0 Å². The SMILES string of the molecule is CNc1nc(SC)nc(C(=O)O)c1Cl. The summed E-state index contributed by atoms with van der Waals surface area (Å²) >= 11 is 7.01. The molecule has 0 aliphatic rings. The van der Waals surface area contributed by atoms with Crippen LogP contribution in [0.4, 0.5) is 5.82 Å².